The number of carbonyl (C=O) groups is 2. The summed E-state index contributed by atoms with van der Waals surface area (Å²) >= 11 is 0. The zero-order chi connectivity index (χ0) is 31.6. The molecule has 2 aliphatic rings. The van der Waals surface area contributed by atoms with Gasteiger partial charge in [-0.25, -0.2) is 4.98 Å². The van der Waals surface area contributed by atoms with E-state index >= 15 is 0 Å². The largest absolute Gasteiger partial charge is 0.494 e. The van der Waals surface area contributed by atoms with Crippen LogP contribution in [0.2, 0.25) is 0 Å². The lowest BCUT2D eigenvalue weighted by Crippen LogP contribution is -2.37. The van der Waals surface area contributed by atoms with E-state index in [0.29, 0.717) is 55.2 Å². The van der Waals surface area contributed by atoms with Crippen LogP contribution >= 0.6 is 0 Å². The molecule has 0 unspecified atom stereocenters. The summed E-state index contributed by atoms with van der Waals surface area (Å²) in [5.74, 6) is -0.474. The van der Waals surface area contributed by atoms with Crippen LogP contribution in [0.1, 0.15) is 50.3 Å². The molecule has 0 radical (unpaired) electrons. The van der Waals surface area contributed by atoms with Gasteiger partial charge in [0.25, 0.3) is 0 Å². The summed E-state index contributed by atoms with van der Waals surface area (Å²) < 4.78 is 52.5. The van der Waals surface area contributed by atoms with Crippen LogP contribution in [0.4, 0.5) is 42.0 Å². The van der Waals surface area contributed by atoms with E-state index in [4.69, 9.17) is 9.47 Å². The van der Waals surface area contributed by atoms with Crippen molar-refractivity contribution in [1.29, 1.82) is 0 Å². The molecule has 0 aliphatic carbocycles. The van der Waals surface area contributed by atoms with E-state index < -0.39 is 23.0 Å². The number of alkyl halides is 3. The molecular formula is C31H35F3N6O4. The Morgan fingerprint density at radius 3 is 2.61 bits per heavy atom. The number of anilines is 5. The number of rotatable bonds is 9. The average molecular weight is 613 g/mol. The van der Waals surface area contributed by atoms with Crippen molar-refractivity contribution >= 4 is 40.7 Å². The second-order valence-corrected chi connectivity index (χ2v) is 11.2. The van der Waals surface area contributed by atoms with Gasteiger partial charge in [0.2, 0.25) is 11.9 Å². The normalized spacial score (nSPS) is 16.2. The molecule has 44 heavy (non-hydrogen) atoms. The fourth-order valence-electron chi connectivity index (χ4n) is 5.68. The molecule has 234 valence electrons. The smallest absolute Gasteiger partial charge is 0.421 e. The summed E-state index contributed by atoms with van der Waals surface area (Å²) in [6.07, 6.45) is -2.62. The van der Waals surface area contributed by atoms with Crippen molar-refractivity contribution in [2.75, 3.05) is 47.7 Å². The quantitative estimate of drug-likeness (QED) is 0.255. The summed E-state index contributed by atoms with van der Waals surface area (Å²) in [4.78, 5) is 34.8. The van der Waals surface area contributed by atoms with Gasteiger partial charge in [-0.3, -0.25) is 9.59 Å². The lowest BCUT2D eigenvalue weighted by molar-refractivity contribution is -0.148. The minimum atomic E-state index is -4.70. The molecule has 1 saturated heterocycles. The molecule has 0 spiro atoms. The summed E-state index contributed by atoms with van der Waals surface area (Å²) in [6.45, 7) is 7.04. The molecule has 0 bridgehead atoms. The Hall–Kier alpha value is -4.55. The van der Waals surface area contributed by atoms with E-state index in [1.165, 1.54) is 7.11 Å². The molecule has 3 heterocycles. The molecule has 0 atom stereocenters. The number of nitrogens with zero attached hydrogens (tertiary/aromatic N) is 3. The molecule has 5 rings (SSSR count). The maximum Gasteiger partial charge on any atom is 0.421 e. The Balaban J connectivity index is 1.34. The number of ether oxygens (including phenoxy) is 2. The number of piperidine rings is 1. The third-order valence-corrected chi connectivity index (χ3v) is 8.04. The zero-order valence-corrected chi connectivity index (χ0v) is 25.0. The number of hydrogen-bond donors (Lipinski definition) is 3. The van der Waals surface area contributed by atoms with E-state index in [-0.39, 0.29) is 30.3 Å². The summed E-state index contributed by atoms with van der Waals surface area (Å²) in [6, 6.07) is 10.7. The number of esters is 1. The molecule has 1 fully saturated rings. The lowest BCUT2D eigenvalue weighted by Gasteiger charge is -2.33. The first-order chi connectivity index (χ1) is 20.9. The highest BCUT2D eigenvalue weighted by Crippen LogP contribution is 2.41. The van der Waals surface area contributed by atoms with Crippen molar-refractivity contribution in [2.45, 2.75) is 51.7 Å². The van der Waals surface area contributed by atoms with Crippen molar-refractivity contribution in [1.82, 2.24) is 9.97 Å². The Bertz CT molecular complexity index is 1550. The standard InChI is InChI=1S/C31H35F3N6O4/c1-5-44-27(41)18-11-13-40(14-12-18)20-9-10-22(24(15-20)43-4)38-29-36-17-21(31(32,33)34)26(39-29)35-16-19-7-6-8-23-25(19)30(2,3)28(42)37-23/h6-10,15,17-18H,5,11-14,16H2,1-4H3,(H,37,42)(H2,35,36,38,39). The summed E-state index contributed by atoms with van der Waals surface area (Å²) in [5, 5.41) is 8.63. The molecule has 3 N–H and O–H groups in total. The van der Waals surface area contributed by atoms with Gasteiger partial charge in [-0.1, -0.05) is 12.1 Å². The van der Waals surface area contributed by atoms with Crippen molar-refractivity contribution in [2.24, 2.45) is 5.92 Å². The highest BCUT2D eigenvalue weighted by molar-refractivity contribution is 6.06. The zero-order valence-electron chi connectivity index (χ0n) is 25.0. The minimum Gasteiger partial charge on any atom is -0.494 e. The first-order valence-corrected chi connectivity index (χ1v) is 14.4. The number of nitrogens with one attached hydrogen (secondary N) is 3. The first-order valence-electron chi connectivity index (χ1n) is 14.4. The van der Waals surface area contributed by atoms with Gasteiger partial charge in [-0.15, -0.1) is 0 Å². The van der Waals surface area contributed by atoms with Gasteiger partial charge < -0.3 is 30.3 Å². The molecule has 3 aromatic rings. The third kappa shape index (κ3) is 6.22. The van der Waals surface area contributed by atoms with E-state index in [9.17, 15) is 22.8 Å². The van der Waals surface area contributed by atoms with Gasteiger partial charge in [0, 0.05) is 43.3 Å². The van der Waals surface area contributed by atoms with Gasteiger partial charge in [0.1, 0.15) is 17.1 Å². The van der Waals surface area contributed by atoms with Crippen LogP contribution in [0.5, 0.6) is 5.75 Å². The van der Waals surface area contributed by atoms with Crippen LogP contribution in [0, 0.1) is 5.92 Å². The van der Waals surface area contributed by atoms with Crippen molar-refractivity contribution in [3.05, 3.63) is 59.3 Å². The van der Waals surface area contributed by atoms with Crippen molar-refractivity contribution in [3.63, 3.8) is 0 Å². The number of carbonyl (C=O) groups excluding carboxylic acids is 2. The van der Waals surface area contributed by atoms with E-state index in [1.54, 1.807) is 45.0 Å². The number of benzene rings is 2. The Kier molecular flexibility index (Phi) is 8.57. The number of hydrogen-bond acceptors (Lipinski definition) is 9. The molecule has 1 amide bonds. The molecule has 2 aromatic carbocycles. The fourth-order valence-corrected chi connectivity index (χ4v) is 5.68. The molecular weight excluding hydrogens is 577 g/mol. The Morgan fingerprint density at radius 2 is 1.93 bits per heavy atom. The number of fused-ring (bicyclic) bond motifs is 1. The van der Waals surface area contributed by atoms with Crippen LogP contribution in [0.15, 0.2) is 42.6 Å². The van der Waals surface area contributed by atoms with Gasteiger partial charge >= 0.3 is 12.1 Å². The highest BCUT2D eigenvalue weighted by Gasteiger charge is 2.40. The van der Waals surface area contributed by atoms with Crippen LogP contribution in [0.3, 0.4) is 0 Å². The minimum absolute atomic E-state index is 0.00593. The van der Waals surface area contributed by atoms with E-state index in [0.717, 1.165) is 17.4 Å². The topological polar surface area (TPSA) is 118 Å². The number of methoxy groups -OCH3 is 1. The fraction of sp³-hybridized carbons (Fsp3) is 0.419. The predicted molar refractivity (Wildman–Crippen MR) is 160 cm³/mol. The highest BCUT2D eigenvalue weighted by atomic mass is 19.4. The Morgan fingerprint density at radius 1 is 1.18 bits per heavy atom. The number of aromatic nitrogens is 2. The van der Waals surface area contributed by atoms with E-state index in [1.807, 2.05) is 12.1 Å². The summed E-state index contributed by atoms with van der Waals surface area (Å²) in [5.41, 5.74) is 1.55. The predicted octanol–water partition coefficient (Wildman–Crippen LogP) is 5.87. The SMILES string of the molecule is CCOC(=O)C1CCN(c2ccc(Nc3ncc(C(F)(F)F)c(NCc4cccc5c4C(C)(C)C(=O)N5)n3)c(OC)c2)CC1. The van der Waals surface area contributed by atoms with Crippen molar-refractivity contribution in [3.8, 4) is 5.75 Å². The van der Waals surface area contributed by atoms with Crippen LogP contribution < -0.4 is 25.6 Å². The van der Waals surface area contributed by atoms with E-state index in [2.05, 4.69) is 30.8 Å². The van der Waals surface area contributed by atoms with Gasteiger partial charge in [0.05, 0.1) is 30.7 Å². The first kappa shape index (κ1) is 30.9. The molecule has 13 heteroatoms. The molecule has 1 aromatic heterocycles. The van der Waals surface area contributed by atoms with Gasteiger partial charge in [-0.2, -0.15) is 18.2 Å². The lowest BCUT2D eigenvalue weighted by atomic mass is 9.83. The third-order valence-electron chi connectivity index (χ3n) is 8.04. The van der Waals surface area contributed by atoms with Crippen LogP contribution in [0.25, 0.3) is 0 Å². The molecule has 2 aliphatic heterocycles. The number of halogens is 3. The maximum atomic E-state index is 13.9. The Labute approximate surface area is 253 Å². The number of amides is 1. The van der Waals surface area contributed by atoms with Crippen LogP contribution in [-0.4, -0.2) is 48.7 Å². The summed E-state index contributed by atoms with van der Waals surface area (Å²) in [7, 11) is 1.50. The average Bonchev–Trinajstić information content (AvgIpc) is 3.23. The monoisotopic (exact) mass is 612 g/mol. The van der Waals surface area contributed by atoms with Gasteiger partial charge in [0.15, 0.2) is 0 Å². The van der Waals surface area contributed by atoms with Crippen LogP contribution in [-0.2, 0) is 32.5 Å². The van der Waals surface area contributed by atoms with Crippen molar-refractivity contribution < 1.29 is 32.2 Å². The second-order valence-electron chi connectivity index (χ2n) is 11.2. The maximum absolute atomic E-state index is 13.9. The second kappa shape index (κ2) is 12.2. The molecule has 0 saturated carbocycles. The van der Waals surface area contributed by atoms with Gasteiger partial charge in [-0.05, 0) is 62.9 Å². The molecule has 10 nitrogen and oxygen atoms in total.